The van der Waals surface area contributed by atoms with Gasteiger partial charge in [0.2, 0.25) is 5.91 Å². The van der Waals surface area contributed by atoms with Gasteiger partial charge in [0.05, 0.1) is 14.2 Å². The first-order chi connectivity index (χ1) is 12.2. The smallest absolute Gasteiger partial charge is 0.247 e. The molecular weight excluding hydrogens is 326 g/mol. The number of ether oxygens (including phenoxy) is 2. The van der Waals surface area contributed by atoms with Gasteiger partial charge in [0.15, 0.2) is 0 Å². The van der Waals surface area contributed by atoms with Gasteiger partial charge >= 0.3 is 0 Å². The lowest BCUT2D eigenvalue weighted by atomic mass is 9.65. The summed E-state index contributed by atoms with van der Waals surface area (Å²) in [5, 5.41) is 0. The van der Waals surface area contributed by atoms with Crippen molar-refractivity contribution in [1.29, 1.82) is 0 Å². The molecule has 0 radical (unpaired) electrons. The second kappa shape index (κ2) is 6.64. The maximum absolute atomic E-state index is 13.0. The Hall–Kier alpha value is -1.97. The van der Waals surface area contributed by atoms with Crippen molar-refractivity contribution in [3.63, 3.8) is 0 Å². The Kier molecular flexibility index (Phi) is 4.80. The lowest BCUT2D eigenvalue weighted by Crippen LogP contribution is -2.37. The molecule has 142 valence electrons. The lowest BCUT2D eigenvalue weighted by molar-refractivity contribution is -0.127. The maximum atomic E-state index is 13.0. The predicted molar refractivity (Wildman–Crippen MR) is 104 cm³/mol. The van der Waals surface area contributed by atoms with E-state index in [1.54, 1.807) is 20.3 Å². The van der Waals surface area contributed by atoms with Crippen LogP contribution in [0.4, 0.5) is 0 Å². The van der Waals surface area contributed by atoms with Crippen molar-refractivity contribution in [3.8, 4) is 11.5 Å². The molecule has 1 aliphatic carbocycles. The molecule has 1 aromatic rings. The first-order valence-electron chi connectivity index (χ1n) is 9.38. The number of hydrogen-bond acceptors (Lipinski definition) is 3. The Balaban J connectivity index is 1.83. The number of carbonyl (C=O) groups is 1. The molecule has 1 saturated heterocycles. The van der Waals surface area contributed by atoms with Crippen molar-refractivity contribution in [2.24, 2.45) is 10.8 Å². The van der Waals surface area contributed by atoms with E-state index in [0.717, 1.165) is 42.0 Å². The molecule has 0 aromatic heterocycles. The van der Waals surface area contributed by atoms with Crippen LogP contribution < -0.4 is 9.47 Å². The van der Waals surface area contributed by atoms with Crippen LogP contribution in [0.25, 0.3) is 5.57 Å². The summed E-state index contributed by atoms with van der Waals surface area (Å²) >= 11 is 0. The first kappa shape index (κ1) is 18.8. The largest absolute Gasteiger partial charge is 0.497 e. The molecular formula is C22H31NO3. The van der Waals surface area contributed by atoms with E-state index >= 15 is 0 Å². The van der Waals surface area contributed by atoms with Gasteiger partial charge in [-0.15, -0.1) is 0 Å². The summed E-state index contributed by atoms with van der Waals surface area (Å²) in [5.74, 6) is 1.58. The minimum absolute atomic E-state index is 0.117. The second-order valence-corrected chi connectivity index (χ2v) is 9.07. The van der Waals surface area contributed by atoms with Crippen LogP contribution in [0.5, 0.6) is 11.5 Å². The van der Waals surface area contributed by atoms with Crippen molar-refractivity contribution >= 4 is 11.5 Å². The van der Waals surface area contributed by atoms with Crippen molar-refractivity contribution in [3.05, 3.63) is 29.8 Å². The zero-order valence-corrected chi connectivity index (χ0v) is 16.9. The monoisotopic (exact) mass is 357 g/mol. The fourth-order valence-corrected chi connectivity index (χ4v) is 5.19. The van der Waals surface area contributed by atoms with Crippen LogP contribution in [-0.4, -0.2) is 37.6 Å². The van der Waals surface area contributed by atoms with Crippen LogP contribution in [-0.2, 0) is 4.79 Å². The fourth-order valence-electron chi connectivity index (χ4n) is 5.19. The molecule has 2 bridgehead atoms. The number of nitrogens with zero attached hydrogens (tertiary/aromatic N) is 1. The summed E-state index contributed by atoms with van der Waals surface area (Å²) in [7, 11) is 3.27. The van der Waals surface area contributed by atoms with E-state index in [-0.39, 0.29) is 11.3 Å². The van der Waals surface area contributed by atoms with Gasteiger partial charge in [-0.25, -0.2) is 0 Å². The highest BCUT2D eigenvalue weighted by molar-refractivity contribution is 5.96. The van der Waals surface area contributed by atoms with E-state index < -0.39 is 0 Å². The highest BCUT2D eigenvalue weighted by Gasteiger charge is 2.50. The molecule has 0 spiro atoms. The zero-order valence-electron chi connectivity index (χ0n) is 16.9. The second-order valence-electron chi connectivity index (χ2n) is 9.07. The van der Waals surface area contributed by atoms with Gasteiger partial charge in [-0.1, -0.05) is 20.8 Å². The Morgan fingerprint density at radius 1 is 1.19 bits per heavy atom. The topological polar surface area (TPSA) is 38.8 Å². The van der Waals surface area contributed by atoms with Crippen LogP contribution in [0.1, 0.15) is 52.5 Å². The number of likely N-dealkylation sites (tertiary alicyclic amines) is 1. The van der Waals surface area contributed by atoms with Crippen LogP contribution in [0.2, 0.25) is 0 Å². The van der Waals surface area contributed by atoms with Gasteiger partial charge in [-0.05, 0) is 54.7 Å². The summed E-state index contributed by atoms with van der Waals surface area (Å²) in [6.07, 6.45) is 5.17. The summed E-state index contributed by atoms with van der Waals surface area (Å²) in [4.78, 5) is 15.1. The molecule has 1 amide bonds. The molecule has 2 aliphatic rings. The number of hydrogen-bond donors (Lipinski definition) is 0. The predicted octanol–water partition coefficient (Wildman–Crippen LogP) is 4.53. The van der Waals surface area contributed by atoms with Crippen molar-refractivity contribution < 1.29 is 14.3 Å². The van der Waals surface area contributed by atoms with Crippen LogP contribution in [0.3, 0.4) is 0 Å². The van der Waals surface area contributed by atoms with E-state index in [2.05, 4.69) is 25.7 Å². The van der Waals surface area contributed by atoms with Crippen molar-refractivity contribution in [1.82, 2.24) is 4.90 Å². The Bertz CT molecular complexity index is 737. The fraction of sp³-hybridized carbons (Fsp3) is 0.591. The number of fused-ring (bicyclic) bond motifs is 2. The van der Waals surface area contributed by atoms with E-state index in [9.17, 15) is 4.79 Å². The third kappa shape index (κ3) is 3.60. The molecule has 0 N–H and O–H groups in total. The number of methoxy groups -OCH3 is 2. The molecule has 1 aromatic carbocycles. The third-order valence-electron chi connectivity index (χ3n) is 5.87. The van der Waals surface area contributed by atoms with E-state index in [1.165, 1.54) is 6.42 Å². The van der Waals surface area contributed by atoms with Gasteiger partial charge in [0.1, 0.15) is 11.5 Å². The lowest BCUT2D eigenvalue weighted by Gasteiger charge is -2.39. The first-order valence-corrected chi connectivity index (χ1v) is 9.38. The summed E-state index contributed by atoms with van der Waals surface area (Å²) in [6.45, 7) is 9.82. The minimum atomic E-state index is 0.117. The maximum Gasteiger partial charge on any atom is 0.247 e. The molecule has 2 atom stereocenters. The third-order valence-corrected chi connectivity index (χ3v) is 5.87. The molecule has 26 heavy (non-hydrogen) atoms. The molecule has 4 heteroatoms. The molecule has 1 saturated carbocycles. The average Bonchev–Trinajstić information content (AvgIpc) is 2.82. The van der Waals surface area contributed by atoms with Crippen molar-refractivity contribution in [2.75, 3.05) is 20.8 Å². The number of allylic oxidation sites excluding steroid dienone is 1. The van der Waals surface area contributed by atoms with Crippen LogP contribution in [0.15, 0.2) is 24.3 Å². The normalized spacial score (nSPS) is 27.4. The molecule has 4 nitrogen and oxygen atoms in total. The van der Waals surface area contributed by atoms with Gasteiger partial charge < -0.3 is 14.4 Å². The SMILES string of the molecule is COc1ccc(/C(C)=C/C(=O)N2CC3(C)CC2CC(C)(C)C3)c(OC)c1. The molecule has 2 unspecified atom stereocenters. The summed E-state index contributed by atoms with van der Waals surface area (Å²) in [5.41, 5.74) is 2.41. The summed E-state index contributed by atoms with van der Waals surface area (Å²) in [6, 6.07) is 6.05. The van der Waals surface area contributed by atoms with Gasteiger partial charge in [0.25, 0.3) is 0 Å². The molecule has 1 aliphatic heterocycles. The number of carbonyl (C=O) groups excluding carboxylic acids is 1. The number of amides is 1. The van der Waals surface area contributed by atoms with Gasteiger partial charge in [-0.2, -0.15) is 0 Å². The highest BCUT2D eigenvalue weighted by atomic mass is 16.5. The van der Waals surface area contributed by atoms with Crippen molar-refractivity contribution in [2.45, 2.75) is 53.0 Å². The van der Waals surface area contributed by atoms with E-state index in [1.807, 2.05) is 25.1 Å². The molecule has 1 heterocycles. The minimum Gasteiger partial charge on any atom is -0.497 e. The molecule has 2 fully saturated rings. The Morgan fingerprint density at radius 3 is 2.58 bits per heavy atom. The Labute approximate surface area is 157 Å². The van der Waals surface area contributed by atoms with E-state index in [4.69, 9.17) is 9.47 Å². The number of benzene rings is 1. The van der Waals surface area contributed by atoms with Crippen LogP contribution in [0, 0.1) is 10.8 Å². The molecule has 3 rings (SSSR count). The number of rotatable bonds is 4. The Morgan fingerprint density at radius 2 is 1.92 bits per heavy atom. The van der Waals surface area contributed by atoms with Gasteiger partial charge in [0, 0.05) is 30.3 Å². The summed E-state index contributed by atoms with van der Waals surface area (Å²) < 4.78 is 10.7. The van der Waals surface area contributed by atoms with Crippen LogP contribution >= 0.6 is 0 Å². The van der Waals surface area contributed by atoms with Gasteiger partial charge in [-0.3, -0.25) is 4.79 Å². The highest BCUT2D eigenvalue weighted by Crippen LogP contribution is 2.52. The average molecular weight is 357 g/mol. The van der Waals surface area contributed by atoms with E-state index in [0.29, 0.717) is 11.5 Å². The standard InChI is InChI=1S/C22H31NO3/c1-15(18-8-7-17(25-5)10-19(18)26-6)9-20(24)23-14-22(4)12-16(23)11-21(2,3)13-22/h7-10,16H,11-14H2,1-6H3/b15-9+. The zero-order chi connectivity index (χ0) is 19.1. The quantitative estimate of drug-likeness (QED) is 0.743.